The van der Waals surface area contributed by atoms with Crippen LogP contribution in [0.15, 0.2) is 5.38 Å². The fourth-order valence-corrected chi connectivity index (χ4v) is 4.19. The van der Waals surface area contributed by atoms with Crippen LogP contribution in [0, 0.1) is 17.8 Å². The molecule has 1 fully saturated rings. The topological polar surface area (TPSA) is 34.1 Å². The van der Waals surface area contributed by atoms with Gasteiger partial charge in [0.25, 0.3) is 0 Å². The van der Waals surface area contributed by atoms with Gasteiger partial charge >= 0.3 is 0 Å². The average Bonchev–Trinajstić information content (AvgIpc) is 2.93. The molecule has 25 heavy (non-hydrogen) atoms. The maximum absolute atomic E-state index is 5.85. The van der Waals surface area contributed by atoms with Crippen molar-refractivity contribution in [1.29, 1.82) is 0 Å². The Bertz CT molecular complexity index is 523. The Morgan fingerprint density at radius 2 is 2.20 bits per heavy atom. The van der Waals surface area contributed by atoms with E-state index in [0.29, 0.717) is 5.92 Å². The minimum atomic E-state index is 0.353. The number of nitrogens with one attached hydrogen (secondary N) is 1. The Kier molecular flexibility index (Phi) is 10.2. The van der Waals surface area contributed by atoms with Gasteiger partial charge < -0.3 is 10.1 Å². The van der Waals surface area contributed by atoms with Gasteiger partial charge in [0.2, 0.25) is 0 Å². The molecule has 2 heterocycles. The summed E-state index contributed by atoms with van der Waals surface area (Å²) in [6.45, 7) is 8.13. The predicted molar refractivity (Wildman–Crippen MR) is 107 cm³/mol. The van der Waals surface area contributed by atoms with Crippen molar-refractivity contribution in [2.24, 2.45) is 5.92 Å². The highest BCUT2D eigenvalue weighted by Gasteiger charge is 2.11. The van der Waals surface area contributed by atoms with E-state index in [1.54, 1.807) is 11.3 Å². The zero-order valence-corrected chi connectivity index (χ0v) is 16.8. The third kappa shape index (κ3) is 8.35. The summed E-state index contributed by atoms with van der Waals surface area (Å²) in [6.07, 6.45) is 10.8. The summed E-state index contributed by atoms with van der Waals surface area (Å²) in [4.78, 5) is 4.55. The molecule has 3 nitrogen and oxygen atoms in total. The molecule has 0 aliphatic carbocycles. The summed E-state index contributed by atoms with van der Waals surface area (Å²) in [7, 11) is 0. The second kappa shape index (κ2) is 12.5. The third-order valence-electron chi connectivity index (χ3n) is 4.93. The molecule has 0 amide bonds. The van der Waals surface area contributed by atoms with E-state index in [-0.39, 0.29) is 0 Å². The van der Waals surface area contributed by atoms with Crippen molar-refractivity contribution in [3.8, 4) is 11.8 Å². The van der Waals surface area contributed by atoms with E-state index in [2.05, 4.69) is 34.4 Å². The number of thiazole rings is 1. The molecule has 2 atom stereocenters. The lowest BCUT2D eigenvalue weighted by Crippen LogP contribution is -2.20. The van der Waals surface area contributed by atoms with Gasteiger partial charge in [0.15, 0.2) is 5.01 Å². The van der Waals surface area contributed by atoms with E-state index in [4.69, 9.17) is 4.74 Å². The van der Waals surface area contributed by atoms with E-state index in [1.807, 2.05) is 6.92 Å². The highest BCUT2D eigenvalue weighted by Crippen LogP contribution is 2.20. The predicted octanol–water partition coefficient (Wildman–Crippen LogP) is 4.97. The highest BCUT2D eigenvalue weighted by atomic mass is 32.1. The first kappa shape index (κ1) is 20.4. The molecule has 0 aromatic carbocycles. The second-order valence-corrected chi connectivity index (χ2v) is 8.06. The summed E-state index contributed by atoms with van der Waals surface area (Å²) in [5.74, 6) is 7.19. The molecule has 1 aliphatic rings. The molecule has 1 N–H and O–H groups in total. The standard InChI is InChI=1S/C21H34N2OS/c1-3-10-21-23-20(17-25-21)18(2)16-24-14-9-5-4-6-11-19-12-7-8-13-22-15-19/h17-19,22H,4-9,11-16H2,1-2H3. The van der Waals surface area contributed by atoms with Crippen LogP contribution in [0.4, 0.5) is 0 Å². The molecular formula is C21H34N2OS. The van der Waals surface area contributed by atoms with Crippen molar-refractivity contribution in [3.63, 3.8) is 0 Å². The Morgan fingerprint density at radius 3 is 3.08 bits per heavy atom. The van der Waals surface area contributed by atoms with Crippen molar-refractivity contribution in [3.05, 3.63) is 16.1 Å². The highest BCUT2D eigenvalue weighted by molar-refractivity contribution is 7.10. The van der Waals surface area contributed by atoms with Crippen molar-refractivity contribution in [2.75, 3.05) is 26.3 Å². The first-order chi connectivity index (χ1) is 12.3. The molecular weight excluding hydrogens is 328 g/mol. The Hall–Kier alpha value is -0.890. The van der Waals surface area contributed by atoms with Gasteiger partial charge in [-0.3, -0.25) is 0 Å². The van der Waals surface area contributed by atoms with Crippen LogP contribution in [-0.4, -0.2) is 31.3 Å². The van der Waals surface area contributed by atoms with Crippen molar-refractivity contribution >= 4 is 11.3 Å². The van der Waals surface area contributed by atoms with Crippen LogP contribution >= 0.6 is 11.3 Å². The van der Waals surface area contributed by atoms with Crippen LogP contribution in [-0.2, 0) is 4.74 Å². The first-order valence-electron chi connectivity index (χ1n) is 9.96. The molecule has 1 aromatic rings. The summed E-state index contributed by atoms with van der Waals surface area (Å²) < 4.78 is 5.85. The molecule has 140 valence electrons. The second-order valence-electron chi connectivity index (χ2n) is 7.20. The molecule has 0 saturated carbocycles. The fraction of sp³-hybridized carbons (Fsp3) is 0.762. The molecule has 1 aromatic heterocycles. The molecule has 1 saturated heterocycles. The number of rotatable bonds is 10. The number of aromatic nitrogens is 1. The largest absolute Gasteiger partial charge is 0.381 e. The number of ether oxygens (including phenoxy) is 1. The van der Waals surface area contributed by atoms with Crippen LogP contribution < -0.4 is 5.32 Å². The van der Waals surface area contributed by atoms with Gasteiger partial charge in [-0.1, -0.05) is 38.5 Å². The molecule has 1 aliphatic heterocycles. The van der Waals surface area contributed by atoms with Crippen molar-refractivity contribution in [2.45, 2.75) is 71.1 Å². The molecule has 0 radical (unpaired) electrons. The van der Waals surface area contributed by atoms with E-state index in [1.165, 1.54) is 64.5 Å². The zero-order chi connectivity index (χ0) is 17.7. The quantitative estimate of drug-likeness (QED) is 0.471. The normalized spacial score (nSPS) is 19.0. The SMILES string of the molecule is CC#Cc1nc(C(C)COCCCCCCC2CCCCNC2)cs1. The monoisotopic (exact) mass is 362 g/mol. The van der Waals surface area contributed by atoms with Gasteiger partial charge in [0.05, 0.1) is 12.3 Å². The summed E-state index contributed by atoms with van der Waals surface area (Å²) >= 11 is 1.62. The van der Waals surface area contributed by atoms with Crippen LogP contribution in [0.25, 0.3) is 0 Å². The number of hydrogen-bond acceptors (Lipinski definition) is 4. The van der Waals surface area contributed by atoms with Crippen LogP contribution in [0.2, 0.25) is 0 Å². The van der Waals surface area contributed by atoms with Gasteiger partial charge in [-0.2, -0.15) is 0 Å². The Labute approximate surface area is 158 Å². The summed E-state index contributed by atoms with van der Waals surface area (Å²) in [5, 5.41) is 6.58. The average molecular weight is 363 g/mol. The van der Waals surface area contributed by atoms with Gasteiger partial charge in [-0.15, -0.1) is 11.3 Å². The molecule has 4 heteroatoms. The minimum Gasteiger partial charge on any atom is -0.381 e. The first-order valence-corrected chi connectivity index (χ1v) is 10.8. The van der Waals surface area contributed by atoms with E-state index in [0.717, 1.165) is 29.8 Å². The summed E-state index contributed by atoms with van der Waals surface area (Å²) in [6, 6.07) is 0. The maximum atomic E-state index is 5.85. The van der Waals surface area contributed by atoms with Crippen LogP contribution in [0.1, 0.15) is 81.8 Å². The lowest BCUT2D eigenvalue weighted by molar-refractivity contribution is 0.118. The van der Waals surface area contributed by atoms with E-state index >= 15 is 0 Å². The molecule has 0 bridgehead atoms. The van der Waals surface area contributed by atoms with E-state index < -0.39 is 0 Å². The van der Waals surface area contributed by atoms with Crippen molar-refractivity contribution < 1.29 is 4.74 Å². The number of nitrogens with zero attached hydrogens (tertiary/aromatic N) is 1. The number of hydrogen-bond donors (Lipinski definition) is 1. The van der Waals surface area contributed by atoms with Crippen LogP contribution in [0.3, 0.4) is 0 Å². The summed E-state index contributed by atoms with van der Waals surface area (Å²) in [5.41, 5.74) is 1.11. The zero-order valence-electron chi connectivity index (χ0n) is 16.0. The third-order valence-corrected chi connectivity index (χ3v) is 5.70. The molecule has 2 rings (SSSR count). The number of unbranched alkanes of at least 4 members (excludes halogenated alkanes) is 3. The maximum Gasteiger partial charge on any atom is 0.167 e. The van der Waals surface area contributed by atoms with Crippen molar-refractivity contribution in [1.82, 2.24) is 10.3 Å². The lowest BCUT2D eigenvalue weighted by Gasteiger charge is -2.13. The van der Waals surface area contributed by atoms with E-state index in [9.17, 15) is 0 Å². The Morgan fingerprint density at radius 1 is 1.32 bits per heavy atom. The van der Waals surface area contributed by atoms with Gasteiger partial charge in [-0.05, 0) is 57.5 Å². The minimum absolute atomic E-state index is 0.353. The van der Waals surface area contributed by atoms with Crippen LogP contribution in [0.5, 0.6) is 0 Å². The van der Waals surface area contributed by atoms with Gasteiger partial charge in [0, 0.05) is 17.9 Å². The van der Waals surface area contributed by atoms with Gasteiger partial charge in [-0.25, -0.2) is 4.98 Å². The fourth-order valence-electron chi connectivity index (χ4n) is 3.35. The smallest absolute Gasteiger partial charge is 0.167 e. The molecule has 2 unspecified atom stereocenters. The Balaban J connectivity index is 1.46. The molecule has 0 spiro atoms. The lowest BCUT2D eigenvalue weighted by atomic mass is 9.96. The van der Waals surface area contributed by atoms with Gasteiger partial charge in [0.1, 0.15) is 0 Å².